The van der Waals surface area contributed by atoms with Gasteiger partial charge in [-0.2, -0.15) is 0 Å². The number of hydrogen-bond donors (Lipinski definition) is 1. The highest BCUT2D eigenvalue weighted by Gasteiger charge is 2.32. The first kappa shape index (κ1) is 15.3. The van der Waals surface area contributed by atoms with Gasteiger partial charge in [0, 0.05) is 50.8 Å². The largest absolute Gasteiger partial charge is 0.376 e. The molecule has 1 atom stereocenters. The van der Waals surface area contributed by atoms with Crippen LogP contribution in [0.3, 0.4) is 0 Å². The number of fused-ring (bicyclic) bond motifs is 1. The summed E-state index contributed by atoms with van der Waals surface area (Å²) in [5.74, 6) is 0.736. The van der Waals surface area contributed by atoms with Crippen molar-refractivity contribution in [3.05, 3.63) is 17.5 Å². The van der Waals surface area contributed by atoms with Gasteiger partial charge in [-0.25, -0.2) is 9.97 Å². The van der Waals surface area contributed by atoms with Crippen molar-refractivity contribution in [2.24, 2.45) is 0 Å². The number of nitrogens with zero attached hydrogens (tertiary/aromatic N) is 4. The minimum atomic E-state index is -0.343. The highest BCUT2D eigenvalue weighted by molar-refractivity contribution is 5.90. The second-order valence-corrected chi connectivity index (χ2v) is 6.42. The molecule has 0 radical (unpaired) electrons. The molecule has 128 valence electrons. The molecule has 8 heteroatoms. The van der Waals surface area contributed by atoms with Gasteiger partial charge < -0.3 is 19.9 Å². The van der Waals surface area contributed by atoms with Crippen molar-refractivity contribution in [2.75, 3.05) is 37.7 Å². The van der Waals surface area contributed by atoms with Crippen LogP contribution in [0.25, 0.3) is 0 Å². The summed E-state index contributed by atoms with van der Waals surface area (Å²) in [4.78, 5) is 36.8. The maximum absolute atomic E-state index is 12.4. The van der Waals surface area contributed by atoms with Crippen LogP contribution in [0.15, 0.2) is 6.20 Å². The van der Waals surface area contributed by atoms with Gasteiger partial charge in [-0.15, -0.1) is 0 Å². The van der Waals surface area contributed by atoms with E-state index < -0.39 is 0 Å². The number of rotatable bonds is 2. The fourth-order valence-electron chi connectivity index (χ4n) is 3.42. The van der Waals surface area contributed by atoms with Crippen molar-refractivity contribution >= 4 is 17.8 Å². The molecule has 2 saturated heterocycles. The molecule has 8 nitrogen and oxygen atoms in total. The molecule has 1 aromatic heterocycles. The Balaban J connectivity index is 1.37. The summed E-state index contributed by atoms with van der Waals surface area (Å²) < 4.78 is 5.41. The Kier molecular flexibility index (Phi) is 4.05. The van der Waals surface area contributed by atoms with Gasteiger partial charge in [0.15, 0.2) is 0 Å². The van der Waals surface area contributed by atoms with E-state index in [-0.39, 0.29) is 17.9 Å². The molecule has 0 aliphatic carbocycles. The van der Waals surface area contributed by atoms with Crippen LogP contribution < -0.4 is 10.2 Å². The van der Waals surface area contributed by atoms with E-state index in [4.69, 9.17) is 4.74 Å². The van der Waals surface area contributed by atoms with E-state index >= 15 is 0 Å². The first-order valence-electron chi connectivity index (χ1n) is 8.46. The molecule has 0 bridgehead atoms. The van der Waals surface area contributed by atoms with Crippen LogP contribution in [0.2, 0.25) is 0 Å². The van der Waals surface area contributed by atoms with Gasteiger partial charge in [0.2, 0.25) is 17.8 Å². The molecule has 4 rings (SSSR count). The number of carbonyl (C=O) groups excluding carboxylic acids is 2. The van der Waals surface area contributed by atoms with Crippen LogP contribution in [0.5, 0.6) is 0 Å². The molecular formula is C16H21N5O3. The molecule has 2 amide bonds. The van der Waals surface area contributed by atoms with Gasteiger partial charge in [0.25, 0.3) is 0 Å². The SMILES string of the molecule is O=C1CC[C@@H](C(=O)N2CCN(c3ncc4c(n3)CCOC4)CC2)N1. The lowest BCUT2D eigenvalue weighted by Gasteiger charge is -2.36. The third-order valence-electron chi connectivity index (χ3n) is 4.85. The van der Waals surface area contributed by atoms with Gasteiger partial charge in [-0.05, 0) is 6.42 Å². The highest BCUT2D eigenvalue weighted by Crippen LogP contribution is 2.19. The summed E-state index contributed by atoms with van der Waals surface area (Å²) in [7, 11) is 0. The maximum atomic E-state index is 12.4. The smallest absolute Gasteiger partial charge is 0.245 e. The number of anilines is 1. The van der Waals surface area contributed by atoms with E-state index in [1.54, 1.807) is 0 Å². The maximum Gasteiger partial charge on any atom is 0.245 e. The van der Waals surface area contributed by atoms with Crippen LogP contribution in [-0.2, 0) is 27.4 Å². The Morgan fingerprint density at radius 1 is 1.25 bits per heavy atom. The summed E-state index contributed by atoms with van der Waals surface area (Å²) in [6.07, 6.45) is 3.73. The molecule has 3 aliphatic rings. The first-order chi connectivity index (χ1) is 11.7. The zero-order valence-electron chi connectivity index (χ0n) is 13.5. The zero-order valence-corrected chi connectivity index (χ0v) is 13.5. The standard InChI is InChI=1S/C16H21N5O3/c22-14-2-1-13(18-14)15(23)20-4-6-21(7-5-20)16-17-9-11-10-24-8-3-12(11)19-16/h9,13H,1-8,10H2,(H,18,22)/t13-/m0/s1. The van der Waals surface area contributed by atoms with Gasteiger partial charge in [-0.3, -0.25) is 9.59 Å². The third kappa shape index (κ3) is 2.93. The Morgan fingerprint density at radius 3 is 2.83 bits per heavy atom. The average Bonchev–Trinajstić information content (AvgIpc) is 3.07. The van der Waals surface area contributed by atoms with Gasteiger partial charge in [0.1, 0.15) is 6.04 Å². The number of piperazine rings is 1. The van der Waals surface area contributed by atoms with Crippen molar-refractivity contribution in [1.29, 1.82) is 0 Å². The van der Waals surface area contributed by atoms with Gasteiger partial charge >= 0.3 is 0 Å². The monoisotopic (exact) mass is 331 g/mol. The second-order valence-electron chi connectivity index (χ2n) is 6.42. The predicted octanol–water partition coefficient (Wildman–Crippen LogP) is -0.523. The Bertz CT molecular complexity index is 657. The lowest BCUT2D eigenvalue weighted by atomic mass is 10.1. The Labute approximate surface area is 140 Å². The summed E-state index contributed by atoms with van der Waals surface area (Å²) in [5, 5.41) is 2.75. The number of hydrogen-bond acceptors (Lipinski definition) is 6. The number of ether oxygens (including phenoxy) is 1. The molecule has 0 unspecified atom stereocenters. The zero-order chi connectivity index (χ0) is 16.5. The van der Waals surface area contributed by atoms with Gasteiger partial charge in [-0.1, -0.05) is 0 Å². The Morgan fingerprint density at radius 2 is 2.08 bits per heavy atom. The molecular weight excluding hydrogens is 310 g/mol. The fraction of sp³-hybridized carbons (Fsp3) is 0.625. The van der Waals surface area contributed by atoms with E-state index in [0.29, 0.717) is 52.2 Å². The number of nitrogens with one attached hydrogen (secondary N) is 1. The summed E-state index contributed by atoms with van der Waals surface area (Å²) in [6, 6.07) is -0.343. The molecule has 3 aliphatic heterocycles. The van der Waals surface area contributed by atoms with Crippen LogP contribution >= 0.6 is 0 Å². The lowest BCUT2D eigenvalue weighted by molar-refractivity contribution is -0.134. The molecule has 0 saturated carbocycles. The molecule has 4 heterocycles. The van der Waals surface area contributed by atoms with Crippen molar-refractivity contribution in [3.63, 3.8) is 0 Å². The molecule has 2 fully saturated rings. The summed E-state index contributed by atoms with van der Waals surface area (Å²) in [5.41, 5.74) is 2.13. The van der Waals surface area contributed by atoms with E-state index in [0.717, 1.165) is 23.6 Å². The molecule has 0 aromatic carbocycles. The predicted molar refractivity (Wildman–Crippen MR) is 85.3 cm³/mol. The topological polar surface area (TPSA) is 87.7 Å². The van der Waals surface area contributed by atoms with Crippen molar-refractivity contribution in [3.8, 4) is 0 Å². The van der Waals surface area contributed by atoms with Crippen LogP contribution in [-0.4, -0.2) is 65.5 Å². The summed E-state index contributed by atoms with van der Waals surface area (Å²) in [6.45, 7) is 3.98. The van der Waals surface area contributed by atoms with Crippen molar-refractivity contribution in [2.45, 2.75) is 31.9 Å². The van der Waals surface area contributed by atoms with Crippen molar-refractivity contribution < 1.29 is 14.3 Å². The van der Waals surface area contributed by atoms with Crippen LogP contribution in [0, 0.1) is 0 Å². The number of carbonyl (C=O) groups is 2. The minimum Gasteiger partial charge on any atom is -0.376 e. The lowest BCUT2D eigenvalue weighted by Crippen LogP contribution is -2.53. The first-order valence-corrected chi connectivity index (χ1v) is 8.46. The normalized spacial score (nSPS) is 23.8. The Hall–Kier alpha value is -2.22. The molecule has 24 heavy (non-hydrogen) atoms. The summed E-state index contributed by atoms with van der Waals surface area (Å²) >= 11 is 0. The van der Waals surface area contributed by atoms with Crippen LogP contribution in [0.1, 0.15) is 24.1 Å². The highest BCUT2D eigenvalue weighted by atomic mass is 16.5. The van der Waals surface area contributed by atoms with E-state index in [9.17, 15) is 9.59 Å². The van der Waals surface area contributed by atoms with Crippen molar-refractivity contribution in [1.82, 2.24) is 20.2 Å². The third-order valence-corrected chi connectivity index (χ3v) is 4.85. The molecule has 1 N–H and O–H groups in total. The second kappa shape index (κ2) is 6.35. The molecule has 0 spiro atoms. The van der Waals surface area contributed by atoms with E-state index in [1.807, 2.05) is 11.1 Å². The van der Waals surface area contributed by atoms with E-state index in [1.165, 1.54) is 0 Å². The fourth-order valence-corrected chi connectivity index (χ4v) is 3.42. The molecule has 1 aromatic rings. The number of amides is 2. The average molecular weight is 331 g/mol. The quantitative estimate of drug-likeness (QED) is 0.784. The number of aromatic nitrogens is 2. The van der Waals surface area contributed by atoms with Crippen LogP contribution in [0.4, 0.5) is 5.95 Å². The van der Waals surface area contributed by atoms with E-state index in [2.05, 4.69) is 20.2 Å². The minimum absolute atomic E-state index is 0.0292. The van der Waals surface area contributed by atoms with Gasteiger partial charge in [0.05, 0.1) is 18.9 Å².